The van der Waals surface area contributed by atoms with Crippen LogP contribution >= 0.6 is 11.6 Å². The first kappa shape index (κ1) is 18.1. The number of nitrogens with zero attached hydrogens (tertiary/aromatic N) is 2. The van der Waals surface area contributed by atoms with Crippen molar-refractivity contribution in [2.45, 2.75) is 12.8 Å². The summed E-state index contributed by atoms with van der Waals surface area (Å²) in [6.45, 7) is -0.0176. The number of benzene rings is 2. The van der Waals surface area contributed by atoms with Gasteiger partial charge in [0.15, 0.2) is 6.61 Å². The molecule has 0 spiro atoms. The minimum absolute atomic E-state index is 0.0529. The van der Waals surface area contributed by atoms with Gasteiger partial charge in [0.25, 0.3) is 5.91 Å². The van der Waals surface area contributed by atoms with Crippen molar-refractivity contribution in [1.29, 1.82) is 0 Å². The van der Waals surface area contributed by atoms with Gasteiger partial charge in [-0.3, -0.25) is 9.59 Å². The largest absolute Gasteiger partial charge is 0.455 e. The van der Waals surface area contributed by atoms with Gasteiger partial charge in [0.2, 0.25) is 0 Å². The normalized spacial score (nSPS) is 13.5. The van der Waals surface area contributed by atoms with Crippen LogP contribution in [-0.4, -0.2) is 35.7 Å². The standard InChI is InChI=1S/C19H16ClFN2O3/c20-15-7-4-8-16(21)14(15)11-19(25)26-12-18(24)23-10-9-17(22-23)13-5-2-1-3-6-13/h1-8H,9-12H2. The predicted molar refractivity (Wildman–Crippen MR) is 95.4 cm³/mol. The van der Waals surface area contributed by atoms with Crippen LogP contribution in [0.15, 0.2) is 53.6 Å². The van der Waals surface area contributed by atoms with E-state index in [9.17, 15) is 14.0 Å². The van der Waals surface area contributed by atoms with Crippen molar-refractivity contribution < 1.29 is 18.7 Å². The molecule has 3 rings (SSSR count). The lowest BCUT2D eigenvalue weighted by Crippen LogP contribution is -2.29. The quantitative estimate of drug-likeness (QED) is 0.755. The SMILES string of the molecule is O=C(Cc1c(F)cccc1Cl)OCC(=O)N1CCC(c2ccccc2)=N1. The van der Waals surface area contributed by atoms with E-state index in [-0.39, 0.29) is 17.0 Å². The van der Waals surface area contributed by atoms with Gasteiger partial charge >= 0.3 is 5.97 Å². The van der Waals surface area contributed by atoms with Crippen molar-refractivity contribution >= 4 is 29.2 Å². The summed E-state index contributed by atoms with van der Waals surface area (Å²) in [5.41, 5.74) is 1.81. The lowest BCUT2D eigenvalue weighted by molar-refractivity contribution is -0.151. The van der Waals surface area contributed by atoms with Crippen molar-refractivity contribution in [1.82, 2.24) is 5.01 Å². The number of halogens is 2. The molecular formula is C19H16ClFN2O3. The molecule has 0 unspecified atom stereocenters. The molecule has 1 aliphatic rings. The fourth-order valence-corrected chi connectivity index (χ4v) is 2.81. The monoisotopic (exact) mass is 374 g/mol. The second-order valence-corrected chi connectivity index (χ2v) is 6.12. The number of hydrogen-bond donors (Lipinski definition) is 0. The van der Waals surface area contributed by atoms with Gasteiger partial charge < -0.3 is 4.74 Å². The predicted octanol–water partition coefficient (Wildman–Crippen LogP) is 3.20. The lowest BCUT2D eigenvalue weighted by atomic mass is 10.1. The molecule has 0 N–H and O–H groups in total. The third kappa shape index (κ3) is 4.26. The average Bonchev–Trinajstić information content (AvgIpc) is 3.14. The molecular weight excluding hydrogens is 359 g/mol. The van der Waals surface area contributed by atoms with Gasteiger partial charge in [0.1, 0.15) is 5.82 Å². The highest BCUT2D eigenvalue weighted by atomic mass is 35.5. The van der Waals surface area contributed by atoms with Crippen LogP contribution in [-0.2, 0) is 20.7 Å². The fraction of sp³-hybridized carbons (Fsp3) is 0.211. The van der Waals surface area contributed by atoms with Crippen molar-refractivity contribution in [2.24, 2.45) is 5.10 Å². The number of ether oxygens (including phenoxy) is 1. The number of hydrazone groups is 1. The molecule has 0 saturated carbocycles. The number of esters is 1. The van der Waals surface area contributed by atoms with Crippen molar-refractivity contribution in [3.05, 3.63) is 70.5 Å². The van der Waals surface area contributed by atoms with Crippen molar-refractivity contribution in [3.8, 4) is 0 Å². The van der Waals surface area contributed by atoms with Crippen molar-refractivity contribution in [2.75, 3.05) is 13.2 Å². The minimum atomic E-state index is -0.725. The van der Waals surface area contributed by atoms with Crippen LogP contribution in [0, 0.1) is 5.82 Å². The zero-order chi connectivity index (χ0) is 18.5. The van der Waals surface area contributed by atoms with E-state index in [1.807, 2.05) is 30.3 Å². The van der Waals surface area contributed by atoms with E-state index in [1.165, 1.54) is 23.2 Å². The van der Waals surface area contributed by atoms with Gasteiger partial charge in [0, 0.05) is 17.0 Å². The topological polar surface area (TPSA) is 59.0 Å². The Bertz CT molecular complexity index is 835. The Hall–Kier alpha value is -2.73. The molecule has 0 atom stereocenters. The number of amides is 1. The van der Waals surface area contributed by atoms with E-state index in [0.29, 0.717) is 13.0 Å². The molecule has 1 aliphatic heterocycles. The summed E-state index contributed by atoms with van der Waals surface area (Å²) in [4.78, 5) is 24.0. The zero-order valence-electron chi connectivity index (χ0n) is 13.8. The molecule has 1 amide bonds. The Balaban J connectivity index is 1.54. The third-order valence-electron chi connectivity index (χ3n) is 3.94. The van der Waals surface area contributed by atoms with Gasteiger partial charge in [0.05, 0.1) is 18.7 Å². The van der Waals surface area contributed by atoms with Gasteiger partial charge in [-0.05, 0) is 17.7 Å². The summed E-state index contributed by atoms with van der Waals surface area (Å²) in [5.74, 6) is -1.74. The van der Waals surface area contributed by atoms with Crippen LogP contribution in [0.3, 0.4) is 0 Å². The number of hydrogen-bond acceptors (Lipinski definition) is 4. The summed E-state index contributed by atoms with van der Waals surface area (Å²) < 4.78 is 18.6. The van der Waals surface area contributed by atoms with E-state index < -0.39 is 24.3 Å². The van der Waals surface area contributed by atoms with Gasteiger partial charge in [-0.15, -0.1) is 0 Å². The summed E-state index contributed by atoms with van der Waals surface area (Å²) in [7, 11) is 0. The van der Waals surface area contributed by atoms with Gasteiger partial charge in [-0.2, -0.15) is 5.10 Å². The first-order valence-electron chi connectivity index (χ1n) is 8.06. The highest BCUT2D eigenvalue weighted by Gasteiger charge is 2.23. The maximum atomic E-state index is 13.7. The molecule has 1 heterocycles. The summed E-state index contributed by atoms with van der Waals surface area (Å²) in [6.07, 6.45) is 0.297. The molecule has 2 aromatic carbocycles. The molecule has 26 heavy (non-hydrogen) atoms. The van der Waals surface area contributed by atoms with E-state index >= 15 is 0 Å². The molecule has 5 nitrogen and oxygen atoms in total. The zero-order valence-corrected chi connectivity index (χ0v) is 14.6. The number of rotatable bonds is 5. The van der Waals surface area contributed by atoms with E-state index in [1.54, 1.807) is 0 Å². The van der Waals surface area contributed by atoms with Crippen molar-refractivity contribution in [3.63, 3.8) is 0 Å². The summed E-state index contributed by atoms with van der Waals surface area (Å²) >= 11 is 5.87. The second-order valence-electron chi connectivity index (χ2n) is 5.72. The Morgan fingerprint density at radius 2 is 1.92 bits per heavy atom. The smallest absolute Gasteiger partial charge is 0.310 e. The summed E-state index contributed by atoms with van der Waals surface area (Å²) in [6, 6.07) is 13.7. The van der Waals surface area contributed by atoms with Crippen LogP contribution in [0.1, 0.15) is 17.5 Å². The Kier molecular flexibility index (Phi) is 5.63. The Morgan fingerprint density at radius 1 is 1.15 bits per heavy atom. The molecule has 0 radical (unpaired) electrons. The highest BCUT2D eigenvalue weighted by Crippen LogP contribution is 2.20. The van der Waals surface area contributed by atoms with Crippen LogP contribution in [0.4, 0.5) is 4.39 Å². The molecule has 134 valence electrons. The second kappa shape index (κ2) is 8.10. The maximum Gasteiger partial charge on any atom is 0.310 e. The Morgan fingerprint density at radius 3 is 2.65 bits per heavy atom. The molecule has 0 saturated heterocycles. The average molecular weight is 375 g/mol. The van der Waals surface area contributed by atoms with Crippen LogP contribution in [0.2, 0.25) is 5.02 Å². The van der Waals surface area contributed by atoms with Gasteiger partial charge in [-0.1, -0.05) is 48.0 Å². The lowest BCUT2D eigenvalue weighted by Gasteiger charge is -2.12. The molecule has 0 fully saturated rings. The van der Waals surface area contributed by atoms with E-state index in [0.717, 1.165) is 11.3 Å². The van der Waals surface area contributed by atoms with E-state index in [2.05, 4.69) is 5.10 Å². The fourth-order valence-electron chi connectivity index (χ4n) is 2.58. The first-order chi connectivity index (χ1) is 12.5. The molecule has 0 aliphatic carbocycles. The number of carbonyl (C=O) groups excluding carboxylic acids is 2. The molecule has 7 heteroatoms. The molecule has 0 aromatic heterocycles. The van der Waals surface area contributed by atoms with Crippen LogP contribution in [0.5, 0.6) is 0 Å². The van der Waals surface area contributed by atoms with Crippen LogP contribution in [0.25, 0.3) is 0 Å². The third-order valence-corrected chi connectivity index (χ3v) is 4.29. The maximum absolute atomic E-state index is 13.7. The van der Waals surface area contributed by atoms with Gasteiger partial charge in [-0.25, -0.2) is 9.40 Å². The van der Waals surface area contributed by atoms with E-state index in [4.69, 9.17) is 16.3 Å². The number of carbonyl (C=O) groups is 2. The molecule has 2 aromatic rings. The first-order valence-corrected chi connectivity index (χ1v) is 8.44. The Labute approximate surface area is 155 Å². The molecule has 0 bridgehead atoms. The highest BCUT2D eigenvalue weighted by molar-refractivity contribution is 6.31. The minimum Gasteiger partial charge on any atom is -0.455 e. The van der Waals surface area contributed by atoms with Crippen LogP contribution < -0.4 is 0 Å². The summed E-state index contributed by atoms with van der Waals surface area (Å²) in [5, 5.41) is 5.70.